The molecule has 5 atom stereocenters. The molecule has 382 valence electrons. The molecule has 3 aliphatic rings. The molecule has 1 saturated carbocycles. The van der Waals surface area contributed by atoms with Crippen LogP contribution in [0.4, 0.5) is 0 Å². The normalized spacial score (nSPS) is 20.1. The lowest BCUT2D eigenvalue weighted by Crippen LogP contribution is -2.57. The number of benzene rings is 2. The molecule has 2 aliphatic heterocycles. The summed E-state index contributed by atoms with van der Waals surface area (Å²) in [6, 6.07) is 17.0. The van der Waals surface area contributed by atoms with E-state index in [9.17, 15) is 19.5 Å². The van der Waals surface area contributed by atoms with Crippen molar-refractivity contribution < 1.29 is 29.0 Å². The Kier molecular flexibility index (Phi) is 14.9. The quantitative estimate of drug-likeness (QED) is 0.0726. The monoisotopic (exact) mass is 1040 g/mol. The Bertz CT molecular complexity index is 3050. The number of likely N-dealkylation sites (tertiary alicyclic amines) is 1. The van der Waals surface area contributed by atoms with E-state index < -0.39 is 35.6 Å². The van der Waals surface area contributed by atoms with E-state index in [-0.39, 0.29) is 49.6 Å². The summed E-state index contributed by atoms with van der Waals surface area (Å²) in [7, 11) is 0. The third kappa shape index (κ3) is 11.2. The van der Waals surface area contributed by atoms with Gasteiger partial charge >= 0.3 is 0 Å². The van der Waals surface area contributed by atoms with Crippen molar-refractivity contribution in [1.29, 1.82) is 0 Å². The zero-order valence-corrected chi connectivity index (χ0v) is 44.6. The number of carbonyl (C=O) groups is 3. The Morgan fingerprint density at radius 1 is 0.932 bits per heavy atom. The summed E-state index contributed by atoms with van der Waals surface area (Å²) in [5.74, 6) is 1.12. The van der Waals surface area contributed by atoms with E-state index in [1.54, 1.807) is 39.7 Å². The lowest BCUT2D eigenvalue weighted by molar-refractivity contribution is -0.140. The molecule has 2 aromatic carbocycles. The van der Waals surface area contributed by atoms with Gasteiger partial charge in [0.25, 0.3) is 5.91 Å². The number of rotatable bonds is 16. The molecule has 6 heterocycles. The number of hydrogen-bond donors (Lipinski definition) is 4. The van der Waals surface area contributed by atoms with Crippen LogP contribution >= 0.6 is 34.3 Å². The van der Waals surface area contributed by atoms with Crippen LogP contribution in [0.25, 0.3) is 15.4 Å². The number of aliphatic imine (C=N–C) groups is 1. The predicted molar refractivity (Wildman–Crippen MR) is 284 cm³/mol. The number of fused-ring (bicyclic) bond motifs is 3. The van der Waals surface area contributed by atoms with Crippen LogP contribution in [-0.2, 0) is 14.4 Å². The van der Waals surface area contributed by atoms with Crippen LogP contribution in [0.5, 0.6) is 11.6 Å². The summed E-state index contributed by atoms with van der Waals surface area (Å²) in [5.41, 5.74) is 8.74. The van der Waals surface area contributed by atoms with Gasteiger partial charge in [0, 0.05) is 70.7 Å². The maximum atomic E-state index is 14.3. The minimum atomic E-state index is -0.915. The van der Waals surface area contributed by atoms with Crippen LogP contribution in [0, 0.1) is 33.1 Å². The SMILES string of the molecule is C=C(N[C@@H](C)c1ccc(-c2scnc2C)cc1)[C@@H]1C[C@@H](O)CN1C(=O)[C@@H](NC(=O)COc1ccc(O[C@H]2C[C@@H](NC(=O)CC3N=C(c4ccc(Cl)cc4)c4c(sc(C)c4C)-n4c(C)nnc43)C2)nc1)C(C)(C)C. The van der Waals surface area contributed by atoms with E-state index in [4.69, 9.17) is 26.1 Å². The second kappa shape index (κ2) is 21.2. The van der Waals surface area contributed by atoms with Gasteiger partial charge in [-0.1, -0.05) is 75.3 Å². The number of aryl methyl sites for hydroxylation is 3. The summed E-state index contributed by atoms with van der Waals surface area (Å²) in [6.07, 6.45) is 2.17. The molecule has 73 heavy (non-hydrogen) atoms. The first-order valence-electron chi connectivity index (χ1n) is 24.5. The Balaban J connectivity index is 0.750. The number of nitrogens with one attached hydrogen (secondary N) is 3. The van der Waals surface area contributed by atoms with Gasteiger partial charge in [-0.3, -0.25) is 23.9 Å². The van der Waals surface area contributed by atoms with Crippen molar-refractivity contribution in [3.63, 3.8) is 0 Å². The van der Waals surface area contributed by atoms with Gasteiger partial charge in [-0.15, -0.1) is 32.9 Å². The summed E-state index contributed by atoms with van der Waals surface area (Å²) >= 11 is 9.54. The molecule has 1 aliphatic carbocycles. The van der Waals surface area contributed by atoms with Gasteiger partial charge in [0.05, 0.1) is 46.6 Å². The van der Waals surface area contributed by atoms with Crippen LogP contribution in [0.2, 0.25) is 5.02 Å². The number of aliphatic hydroxyl groups is 1. The first-order valence-corrected chi connectivity index (χ1v) is 26.5. The Labute approximate surface area is 438 Å². The van der Waals surface area contributed by atoms with Crippen molar-refractivity contribution in [2.45, 2.75) is 123 Å². The van der Waals surface area contributed by atoms with E-state index >= 15 is 0 Å². The number of ether oxygens (including phenoxy) is 2. The molecule has 6 aromatic rings. The second-order valence-corrected chi connectivity index (χ2v) is 22.7. The molecule has 4 aromatic heterocycles. The van der Waals surface area contributed by atoms with Crippen molar-refractivity contribution in [2.24, 2.45) is 10.4 Å². The van der Waals surface area contributed by atoms with Crippen LogP contribution in [0.3, 0.4) is 0 Å². The number of aliphatic hydroxyl groups excluding tert-OH is 1. The number of thiazole rings is 1. The van der Waals surface area contributed by atoms with Gasteiger partial charge in [-0.05, 0) is 74.9 Å². The molecule has 0 bridgehead atoms. The molecule has 4 N–H and O–H groups in total. The van der Waals surface area contributed by atoms with E-state index in [0.29, 0.717) is 47.4 Å². The third-order valence-corrected chi connectivity index (χ3v) is 16.2. The smallest absolute Gasteiger partial charge is 0.258 e. The predicted octanol–water partition coefficient (Wildman–Crippen LogP) is 8.48. The molecule has 1 unspecified atom stereocenters. The topological polar surface area (TPSA) is 198 Å². The minimum Gasteiger partial charge on any atom is -0.482 e. The van der Waals surface area contributed by atoms with Crippen molar-refractivity contribution >= 4 is 57.7 Å². The molecule has 9 rings (SSSR count). The van der Waals surface area contributed by atoms with Gasteiger partial charge in [0.2, 0.25) is 17.7 Å². The minimum absolute atomic E-state index is 0.0843. The summed E-state index contributed by atoms with van der Waals surface area (Å²) in [4.78, 5) is 59.3. The summed E-state index contributed by atoms with van der Waals surface area (Å²) in [5, 5.41) is 30.9. The number of hydrogen-bond acceptors (Lipinski definition) is 14. The molecule has 16 nitrogen and oxygen atoms in total. The van der Waals surface area contributed by atoms with E-state index in [2.05, 4.69) is 80.8 Å². The van der Waals surface area contributed by atoms with E-state index in [0.717, 1.165) is 54.9 Å². The average molecular weight is 1050 g/mol. The highest BCUT2D eigenvalue weighted by Crippen LogP contribution is 2.40. The average Bonchev–Trinajstić information content (AvgIpc) is 4.11. The molecular formula is C54H61ClN10O6S2. The lowest BCUT2D eigenvalue weighted by Gasteiger charge is -2.36. The molecule has 0 spiro atoms. The number of aromatic nitrogens is 5. The van der Waals surface area contributed by atoms with Crippen molar-refractivity contribution in [1.82, 2.24) is 45.6 Å². The van der Waals surface area contributed by atoms with Crippen LogP contribution in [0.1, 0.15) is 110 Å². The van der Waals surface area contributed by atoms with Crippen molar-refractivity contribution in [3.8, 4) is 27.1 Å². The number of nitrogens with zero attached hydrogens (tertiary/aromatic N) is 7. The number of β-amino-alcohol motifs (C(OH)–C–C–N with tert-alkyl or cyclic N) is 1. The number of pyridine rings is 1. The number of amides is 3. The summed E-state index contributed by atoms with van der Waals surface area (Å²) < 4.78 is 14.0. The third-order valence-electron chi connectivity index (χ3n) is 13.8. The van der Waals surface area contributed by atoms with Gasteiger partial charge in [-0.2, -0.15) is 0 Å². The largest absolute Gasteiger partial charge is 0.482 e. The van der Waals surface area contributed by atoms with Crippen LogP contribution < -0.4 is 25.4 Å². The van der Waals surface area contributed by atoms with Crippen LogP contribution in [0.15, 0.2) is 89.6 Å². The molecule has 19 heteroatoms. The molecule has 3 amide bonds. The van der Waals surface area contributed by atoms with Gasteiger partial charge < -0.3 is 35.4 Å². The highest BCUT2D eigenvalue weighted by molar-refractivity contribution is 7.15. The van der Waals surface area contributed by atoms with Crippen molar-refractivity contribution in [2.75, 3.05) is 13.2 Å². The zero-order chi connectivity index (χ0) is 51.9. The Morgan fingerprint density at radius 2 is 1.66 bits per heavy atom. The fraction of sp³-hybridized carbons (Fsp3) is 0.407. The standard InChI is InChI=1S/C54H61ClN10O6S2/c1-28-32(5)73-53-47(28)48(35-14-16-37(55)17-15-35)60-42(51-63-62-33(6)65(51)53)23-44(67)59-38-20-41(21-38)71-46-19-18-40(24-56-46)70-26-45(68)61-50(54(7,8)9)52(69)64-25-39(66)22-43(64)30(3)58-29(2)34-10-12-36(13-11-34)49-31(4)57-27-72-49/h10-19,24,27,29,38-39,41-43,50,58,66H,3,20-23,25-26H2,1-2,4-9H3,(H,59,67)(H,61,68)/t29-,38-,39+,41+,42?,43-,50+/m0/s1. The Morgan fingerprint density at radius 3 is 2.33 bits per heavy atom. The maximum absolute atomic E-state index is 14.3. The number of thiophene rings is 1. The highest BCUT2D eigenvalue weighted by atomic mass is 35.5. The molecular weight excluding hydrogens is 984 g/mol. The second-order valence-electron chi connectivity index (χ2n) is 20.2. The number of carbonyl (C=O) groups excluding carboxylic acids is 3. The fourth-order valence-corrected chi connectivity index (χ4v) is 11.7. The first-order chi connectivity index (χ1) is 34.8. The zero-order valence-electron chi connectivity index (χ0n) is 42.2. The highest BCUT2D eigenvalue weighted by Gasteiger charge is 2.43. The van der Waals surface area contributed by atoms with E-state index in [1.807, 2.05) is 75.9 Å². The lowest BCUT2D eigenvalue weighted by atomic mass is 9.85. The van der Waals surface area contributed by atoms with Gasteiger partial charge in [0.15, 0.2) is 12.4 Å². The first kappa shape index (κ1) is 51.4. The van der Waals surface area contributed by atoms with Crippen LogP contribution in [-0.4, -0.2) is 102 Å². The maximum Gasteiger partial charge on any atom is 0.258 e. The molecule has 1 saturated heterocycles. The molecule has 2 fully saturated rings. The Hall–Kier alpha value is -6.47. The summed E-state index contributed by atoms with van der Waals surface area (Å²) in [6.45, 7) is 19.8. The van der Waals surface area contributed by atoms with Crippen molar-refractivity contribution in [3.05, 3.63) is 134 Å². The number of halogens is 1. The fourth-order valence-electron chi connectivity index (χ4n) is 9.58. The van der Waals surface area contributed by atoms with Gasteiger partial charge in [-0.25, -0.2) is 9.97 Å². The van der Waals surface area contributed by atoms with E-state index in [1.165, 1.54) is 11.1 Å². The molecule has 0 radical (unpaired) electrons. The van der Waals surface area contributed by atoms with Gasteiger partial charge in [0.1, 0.15) is 34.8 Å².